The molecule has 0 saturated carbocycles. The Balaban J connectivity index is 0.000000298. The highest BCUT2D eigenvalue weighted by Crippen LogP contribution is 2.59. The van der Waals surface area contributed by atoms with Gasteiger partial charge in [-0.05, 0) is 168 Å². The Kier molecular flexibility index (Phi) is 33.7. The number of unbranched alkanes of at least 4 members (excludes halogenated alkanes) is 15. The van der Waals surface area contributed by atoms with Gasteiger partial charge in [0.25, 0.3) is 0 Å². The summed E-state index contributed by atoms with van der Waals surface area (Å²) in [6.45, 7) is 24.2. The minimum Gasteiger partial charge on any atom is -0.508 e. The zero-order valence-electron chi connectivity index (χ0n) is 56.6. The van der Waals surface area contributed by atoms with Gasteiger partial charge in [0, 0.05) is 63.5 Å². The first-order valence-electron chi connectivity index (χ1n) is 35.2. The summed E-state index contributed by atoms with van der Waals surface area (Å²) in [5, 5.41) is 41.2. The summed E-state index contributed by atoms with van der Waals surface area (Å²) in [5.74, 6) is 2.75. The predicted octanol–water partition coefficient (Wildman–Crippen LogP) is 25.8. The van der Waals surface area contributed by atoms with Gasteiger partial charge in [0.05, 0.1) is 0 Å². The summed E-state index contributed by atoms with van der Waals surface area (Å²) in [6.07, 6.45) is 41.2. The van der Waals surface area contributed by atoms with E-state index in [2.05, 4.69) is 222 Å². The van der Waals surface area contributed by atoms with Gasteiger partial charge in [-0.15, -0.1) is 0 Å². The largest absolute Gasteiger partial charge is 0.508 e. The molecule has 0 aromatic heterocycles. The van der Waals surface area contributed by atoms with Crippen LogP contribution in [-0.2, 0) is 35.5 Å². The minimum absolute atomic E-state index is 0.00659. The maximum atomic E-state index is 10.6. The van der Waals surface area contributed by atoms with Crippen LogP contribution >= 0.6 is 110 Å². The standard InChI is InChI=1S/C50H82O2S5.C25H38OS5/c1-9-11-12-21-27-45-44(28-22-17-13-15-19-25-37-30-32-39(41(51)34-37)49(3,4)5)54-56-46(48(57-55-45)36-47-43(53-47)24-10-2)29-23-18-14-16-20-26-38-31-33-40(42(52)35-38)50(6,7)8;1-25(2,3)19-12-11-17(13-20(19)26)9-7-5-4-6-8-10-21-23(29-21)15-24-22-14-18(28-22)16-27-31-30-24/h30-35,43-48,51-52H,9-29,36H2,1-8H3;11-13,18,21-24,26H,4-10,14-16H2,1-3H3. The van der Waals surface area contributed by atoms with Crippen molar-refractivity contribution in [3.8, 4) is 17.2 Å². The molecule has 3 N–H and O–H groups in total. The smallest absolute Gasteiger partial charge is 0.119 e. The van der Waals surface area contributed by atoms with Crippen LogP contribution in [0.3, 0.4) is 0 Å². The molecule has 6 fully saturated rings. The summed E-state index contributed by atoms with van der Waals surface area (Å²) in [6, 6.07) is 19.1. The van der Waals surface area contributed by atoms with Crippen molar-refractivity contribution in [1.82, 2.24) is 0 Å². The second-order valence-electron chi connectivity index (χ2n) is 29.8. The van der Waals surface area contributed by atoms with E-state index < -0.39 is 0 Å². The predicted molar refractivity (Wildman–Crippen MR) is 415 cm³/mol. The molecule has 3 aromatic carbocycles. The Bertz CT molecular complexity index is 2450. The highest BCUT2D eigenvalue weighted by Gasteiger charge is 2.45. The lowest BCUT2D eigenvalue weighted by Crippen LogP contribution is -2.37. The molecule has 6 aliphatic heterocycles. The summed E-state index contributed by atoms with van der Waals surface area (Å²) >= 11 is 6.83. The van der Waals surface area contributed by atoms with Gasteiger partial charge in [-0.25, -0.2) is 0 Å². The van der Waals surface area contributed by atoms with E-state index in [1.54, 1.807) is 0 Å². The molecule has 2 bridgehead atoms. The number of hydrogen-bond acceptors (Lipinski definition) is 13. The van der Waals surface area contributed by atoms with Gasteiger partial charge in [-0.1, -0.05) is 286 Å². The average molecular weight is 1390 g/mol. The van der Waals surface area contributed by atoms with E-state index in [9.17, 15) is 15.3 Å². The molecule has 0 amide bonds. The molecule has 0 aliphatic carbocycles. The third-order valence-corrected chi connectivity index (χ3v) is 35.9. The number of thioether (sulfide) groups is 3. The van der Waals surface area contributed by atoms with Crippen molar-refractivity contribution in [3.05, 3.63) is 88.0 Å². The van der Waals surface area contributed by atoms with E-state index in [4.69, 9.17) is 0 Å². The lowest BCUT2D eigenvalue weighted by molar-refractivity contribution is 0.445. The van der Waals surface area contributed by atoms with Crippen molar-refractivity contribution < 1.29 is 15.3 Å². The Labute approximate surface area is 580 Å². The van der Waals surface area contributed by atoms with Crippen LogP contribution in [0.4, 0.5) is 0 Å². The first kappa shape index (κ1) is 75.9. The van der Waals surface area contributed by atoms with E-state index >= 15 is 0 Å². The molecule has 498 valence electrons. The molecule has 13 heteroatoms. The normalized spacial score (nSPS) is 25.6. The van der Waals surface area contributed by atoms with Crippen LogP contribution in [0, 0.1) is 0 Å². The van der Waals surface area contributed by atoms with Crippen LogP contribution in [0.5, 0.6) is 17.2 Å². The van der Waals surface area contributed by atoms with Crippen molar-refractivity contribution in [1.29, 1.82) is 0 Å². The molecular weight excluding hydrogens is 1270 g/mol. The maximum Gasteiger partial charge on any atom is 0.119 e. The molecule has 6 heterocycles. The van der Waals surface area contributed by atoms with Crippen LogP contribution in [0.25, 0.3) is 0 Å². The average Bonchev–Trinajstić information content (AvgIpc) is 3.55. The van der Waals surface area contributed by atoms with Gasteiger partial charge in [0.15, 0.2) is 0 Å². The van der Waals surface area contributed by atoms with Gasteiger partial charge >= 0.3 is 0 Å². The SMILES string of the molecule is CC(C)(C)c1ccc(CCCCCCCC2SC2CC2SSSCC3CC2S3)cc1O.CCCCCCC1SSC(CC2SC2CCC)C(CCCCCCCc2ccc(C(C)(C)C)c(O)c2)SSC1CCCCCCCc1ccc(C(C)(C)C)c(O)c1. The van der Waals surface area contributed by atoms with Crippen LogP contribution in [-0.4, -0.2) is 78.8 Å². The number of aromatic hydroxyl groups is 3. The molecule has 0 radical (unpaired) electrons. The molecule has 0 spiro atoms. The molecule has 9 rings (SSSR count). The van der Waals surface area contributed by atoms with Crippen molar-refractivity contribution in [2.75, 3.05) is 5.75 Å². The van der Waals surface area contributed by atoms with Gasteiger partial charge in [0.1, 0.15) is 17.2 Å². The third-order valence-electron chi connectivity index (χ3n) is 18.9. The van der Waals surface area contributed by atoms with Gasteiger partial charge in [-0.3, -0.25) is 0 Å². The second-order valence-corrected chi connectivity index (χ2v) is 44.2. The van der Waals surface area contributed by atoms with Crippen molar-refractivity contribution in [2.45, 2.75) is 349 Å². The molecule has 88 heavy (non-hydrogen) atoms. The number of fused-ring (bicyclic) bond motifs is 4. The fraction of sp³-hybridized carbons (Fsp3) is 0.760. The van der Waals surface area contributed by atoms with Crippen LogP contribution in [0.2, 0.25) is 0 Å². The van der Waals surface area contributed by atoms with Gasteiger partial charge < -0.3 is 15.3 Å². The molecule has 11 atom stereocenters. The van der Waals surface area contributed by atoms with E-state index in [1.807, 2.05) is 18.2 Å². The van der Waals surface area contributed by atoms with E-state index in [0.29, 0.717) is 17.2 Å². The number of phenols is 3. The first-order chi connectivity index (χ1) is 42.2. The Morgan fingerprint density at radius 1 is 0.364 bits per heavy atom. The summed E-state index contributed by atoms with van der Waals surface area (Å²) in [7, 11) is 15.6. The molecular formula is C75H120O3S10. The fourth-order valence-corrected chi connectivity index (χ4v) is 31.7. The topological polar surface area (TPSA) is 60.7 Å². The highest BCUT2D eigenvalue weighted by atomic mass is 33.5. The minimum atomic E-state index is -0.0217. The Hall–Kier alpha value is 0.560. The summed E-state index contributed by atoms with van der Waals surface area (Å²) in [4.78, 5) is 0. The summed E-state index contributed by atoms with van der Waals surface area (Å²) in [5.41, 5.74) is 6.94. The lowest BCUT2D eigenvalue weighted by atomic mass is 9.85. The Morgan fingerprint density at radius 3 is 1.11 bits per heavy atom. The van der Waals surface area contributed by atoms with Gasteiger partial charge in [-0.2, -0.15) is 35.3 Å². The van der Waals surface area contributed by atoms with Gasteiger partial charge in [0.2, 0.25) is 0 Å². The Morgan fingerprint density at radius 2 is 0.716 bits per heavy atom. The van der Waals surface area contributed by atoms with Crippen molar-refractivity contribution >= 4 is 110 Å². The number of benzene rings is 3. The van der Waals surface area contributed by atoms with E-state index in [-0.39, 0.29) is 16.2 Å². The molecule has 11 unspecified atom stereocenters. The third kappa shape index (κ3) is 26.9. The molecule has 6 aliphatic rings. The van der Waals surface area contributed by atoms with Crippen LogP contribution < -0.4 is 0 Å². The molecule has 6 saturated heterocycles. The number of phenolic OH excluding ortho intramolecular Hbond substituents is 3. The fourth-order valence-electron chi connectivity index (χ4n) is 13.2. The zero-order valence-corrected chi connectivity index (χ0v) is 64.8. The number of aryl methyl sites for hydroxylation is 3. The van der Waals surface area contributed by atoms with E-state index in [1.165, 1.54) is 202 Å². The number of rotatable bonds is 35. The zero-order chi connectivity index (χ0) is 63.1. The molecule has 3 nitrogen and oxygen atoms in total. The number of hydrogen-bond donors (Lipinski definition) is 3. The lowest BCUT2D eigenvalue weighted by Gasteiger charge is -2.41. The highest BCUT2D eigenvalue weighted by molar-refractivity contribution is 9.09. The second kappa shape index (κ2) is 39.1. The first-order valence-corrected chi connectivity index (χ1v) is 46.3. The van der Waals surface area contributed by atoms with E-state index in [0.717, 1.165) is 93.7 Å². The van der Waals surface area contributed by atoms with Crippen LogP contribution in [0.15, 0.2) is 54.6 Å². The van der Waals surface area contributed by atoms with Crippen molar-refractivity contribution in [2.24, 2.45) is 0 Å². The summed E-state index contributed by atoms with van der Waals surface area (Å²) < 4.78 is 0. The maximum absolute atomic E-state index is 10.6. The van der Waals surface area contributed by atoms with Crippen LogP contribution in [0.1, 0.15) is 289 Å². The quantitative estimate of drug-likeness (QED) is 0.0298. The van der Waals surface area contributed by atoms with Crippen molar-refractivity contribution in [3.63, 3.8) is 0 Å². The molecule has 3 aromatic rings. The monoisotopic (exact) mass is 1390 g/mol.